The number of rotatable bonds is 13. The lowest BCUT2D eigenvalue weighted by Crippen LogP contribution is -2.45. The summed E-state index contributed by atoms with van der Waals surface area (Å²) in [7, 11) is 2.54. The molecule has 41 heavy (non-hydrogen) atoms. The van der Waals surface area contributed by atoms with E-state index in [1.165, 1.54) is 20.4 Å². The minimum absolute atomic E-state index is 0.169. The van der Waals surface area contributed by atoms with Gasteiger partial charge in [0.2, 0.25) is 0 Å². The van der Waals surface area contributed by atoms with Crippen molar-refractivity contribution in [2.45, 2.75) is 26.1 Å². The molecule has 0 unspecified atom stereocenters. The van der Waals surface area contributed by atoms with Gasteiger partial charge in [-0.25, -0.2) is 14.4 Å². The number of aliphatic hydroxyl groups is 1. The number of ether oxygens (including phenoxy) is 5. The first kappa shape index (κ1) is 31.2. The number of allylic oxidation sites excluding steroid dienone is 1. The number of aliphatic hydroxyl groups excluding tert-OH is 1. The Bertz CT molecular complexity index is 1330. The average molecular weight is 635 g/mol. The number of hydrazone groups is 1. The molecule has 0 aromatic heterocycles. The van der Waals surface area contributed by atoms with Crippen molar-refractivity contribution in [1.29, 1.82) is 0 Å². The highest BCUT2D eigenvalue weighted by Gasteiger charge is 2.32. The number of nitrogens with one attached hydrogen (secondary N) is 3. The van der Waals surface area contributed by atoms with Crippen LogP contribution in [0.5, 0.6) is 17.2 Å². The van der Waals surface area contributed by atoms with Gasteiger partial charge in [0.05, 0.1) is 43.1 Å². The van der Waals surface area contributed by atoms with Gasteiger partial charge in [-0.1, -0.05) is 6.07 Å². The van der Waals surface area contributed by atoms with Gasteiger partial charge < -0.3 is 39.4 Å². The second kappa shape index (κ2) is 14.9. The van der Waals surface area contributed by atoms with E-state index in [0.717, 1.165) is 0 Å². The first-order valence-corrected chi connectivity index (χ1v) is 13.2. The first-order chi connectivity index (χ1) is 19.7. The van der Waals surface area contributed by atoms with Crippen LogP contribution in [0.4, 0.5) is 4.79 Å². The molecule has 3 rings (SSSR count). The smallest absolute Gasteiger partial charge is 0.343 e. The molecule has 0 saturated heterocycles. The van der Waals surface area contributed by atoms with Crippen LogP contribution in [0, 0.1) is 0 Å². The lowest BCUT2D eigenvalue weighted by molar-refractivity contribution is -0.143. The first-order valence-electron chi connectivity index (χ1n) is 12.4. The predicted molar refractivity (Wildman–Crippen MR) is 151 cm³/mol. The summed E-state index contributed by atoms with van der Waals surface area (Å²) in [6, 6.07) is 8.84. The Hall–Kier alpha value is -4.30. The number of hydrogen-bond acceptors (Lipinski definition) is 11. The highest BCUT2D eigenvalue weighted by atomic mass is 79.9. The van der Waals surface area contributed by atoms with Crippen molar-refractivity contribution in [2.75, 3.05) is 34.0 Å². The van der Waals surface area contributed by atoms with Crippen LogP contribution in [0.1, 0.15) is 31.0 Å². The fourth-order valence-corrected chi connectivity index (χ4v) is 4.24. The van der Waals surface area contributed by atoms with Crippen molar-refractivity contribution in [3.05, 3.63) is 63.3 Å². The summed E-state index contributed by atoms with van der Waals surface area (Å²) in [5.74, 6) is 0.0770. The Morgan fingerprint density at radius 3 is 2.54 bits per heavy atom. The second-order valence-electron chi connectivity index (χ2n) is 8.47. The normalized spacial score (nSPS) is 15.5. The molecule has 220 valence electrons. The third-order valence-electron chi connectivity index (χ3n) is 5.64. The minimum atomic E-state index is -1.16. The molecule has 13 nitrogen and oxygen atoms in total. The molecule has 0 bridgehead atoms. The van der Waals surface area contributed by atoms with Crippen LogP contribution >= 0.6 is 15.9 Å². The number of esters is 2. The highest BCUT2D eigenvalue weighted by molar-refractivity contribution is 9.10. The average Bonchev–Trinajstić information content (AvgIpc) is 2.95. The Morgan fingerprint density at radius 1 is 1.10 bits per heavy atom. The van der Waals surface area contributed by atoms with E-state index in [2.05, 4.69) is 41.8 Å². The molecule has 1 heterocycles. The van der Waals surface area contributed by atoms with Gasteiger partial charge in [0.15, 0.2) is 24.3 Å². The summed E-state index contributed by atoms with van der Waals surface area (Å²) < 4.78 is 26.9. The summed E-state index contributed by atoms with van der Waals surface area (Å²) in [5, 5.41) is 19.6. The largest absolute Gasteiger partial charge is 0.490 e. The molecule has 0 radical (unpaired) electrons. The number of carbonyl (C=O) groups excluding carboxylic acids is 3. The Balaban J connectivity index is 1.63. The zero-order chi connectivity index (χ0) is 29.9. The molecule has 0 spiro atoms. The van der Waals surface area contributed by atoms with Crippen LogP contribution in [0.3, 0.4) is 0 Å². The third-order valence-corrected chi connectivity index (χ3v) is 6.26. The molecule has 1 aliphatic rings. The second-order valence-corrected chi connectivity index (χ2v) is 9.32. The molecule has 1 aliphatic heterocycles. The molecule has 14 heteroatoms. The van der Waals surface area contributed by atoms with Gasteiger partial charge in [-0.05, 0) is 71.2 Å². The van der Waals surface area contributed by atoms with Gasteiger partial charge in [0.25, 0.3) is 0 Å². The molecule has 2 aromatic rings. The molecule has 2 amide bonds. The Kier molecular flexibility index (Phi) is 11.4. The summed E-state index contributed by atoms with van der Waals surface area (Å²) in [5.41, 5.74) is 4.48. The summed E-state index contributed by atoms with van der Waals surface area (Å²) in [4.78, 5) is 35.7. The minimum Gasteiger partial charge on any atom is -0.490 e. The lowest BCUT2D eigenvalue weighted by atomic mass is 9.95. The van der Waals surface area contributed by atoms with Crippen LogP contribution in [0.15, 0.2) is 57.2 Å². The maximum atomic E-state index is 12.4. The van der Waals surface area contributed by atoms with E-state index in [1.807, 2.05) is 0 Å². The van der Waals surface area contributed by atoms with Crippen LogP contribution < -0.4 is 30.3 Å². The van der Waals surface area contributed by atoms with Crippen molar-refractivity contribution in [1.82, 2.24) is 16.1 Å². The van der Waals surface area contributed by atoms with Crippen molar-refractivity contribution in [3.8, 4) is 17.2 Å². The summed E-state index contributed by atoms with van der Waals surface area (Å²) in [6.07, 6.45) is 0.326. The van der Waals surface area contributed by atoms with Crippen LogP contribution in [0.2, 0.25) is 0 Å². The molecular formula is C27H31BrN4O9. The molecular weight excluding hydrogens is 604 g/mol. The molecule has 4 N–H and O–H groups in total. The van der Waals surface area contributed by atoms with E-state index >= 15 is 0 Å². The van der Waals surface area contributed by atoms with Crippen molar-refractivity contribution < 1.29 is 43.2 Å². The lowest BCUT2D eigenvalue weighted by Gasteiger charge is -2.28. The number of benzene rings is 2. The van der Waals surface area contributed by atoms with Crippen molar-refractivity contribution in [3.63, 3.8) is 0 Å². The van der Waals surface area contributed by atoms with E-state index < -0.39 is 30.2 Å². The summed E-state index contributed by atoms with van der Waals surface area (Å²) in [6.45, 7) is 3.35. The zero-order valence-corrected chi connectivity index (χ0v) is 24.4. The van der Waals surface area contributed by atoms with Crippen molar-refractivity contribution in [2.24, 2.45) is 5.10 Å². The highest BCUT2D eigenvalue weighted by Crippen LogP contribution is 2.35. The summed E-state index contributed by atoms with van der Waals surface area (Å²) >= 11 is 3.37. The Labute approximate surface area is 244 Å². The number of carbonyl (C=O) groups is 3. The van der Waals surface area contributed by atoms with Crippen molar-refractivity contribution >= 4 is 40.1 Å². The van der Waals surface area contributed by atoms with E-state index in [1.54, 1.807) is 50.2 Å². The number of methoxy groups -OCH3 is 2. The number of nitrogens with zero attached hydrogens (tertiary/aromatic N) is 1. The number of hydrogen-bond donors (Lipinski definition) is 4. The van der Waals surface area contributed by atoms with Gasteiger partial charge >= 0.3 is 18.0 Å². The number of halogens is 1. The fourth-order valence-electron chi connectivity index (χ4n) is 3.73. The number of amides is 2. The third kappa shape index (κ3) is 8.59. The van der Waals surface area contributed by atoms with Crippen LogP contribution in [-0.2, 0) is 19.1 Å². The predicted octanol–water partition coefficient (Wildman–Crippen LogP) is 2.52. The van der Waals surface area contributed by atoms with Gasteiger partial charge in [-0.15, -0.1) is 0 Å². The Morgan fingerprint density at radius 2 is 1.85 bits per heavy atom. The van der Waals surface area contributed by atoms with Crippen LogP contribution in [0.25, 0.3) is 0 Å². The number of urea groups is 1. The van der Waals surface area contributed by atoms with Gasteiger partial charge in [-0.2, -0.15) is 5.10 Å². The SMILES string of the molecule is CCOc1cc([C@@H]2NC(=O)NC(C)=C2C(=O)OC)ccc1OC[C@@H](O)N/N=C\c1ccc(OCC(=O)OC)c(Br)c1. The standard InChI is InChI=1S/C27H31BrN4O9/c1-5-39-21-11-17(25-24(26(35)38-4)15(2)30-27(36)31-25)7-9-20(21)40-13-22(33)32-29-12-16-6-8-19(18(28)10-16)41-14-23(34)37-3/h6-12,22,25,32-33H,5,13-14H2,1-4H3,(H2,30,31,36)/b29-12-/t22-,25+/m1/s1. The van der Waals surface area contributed by atoms with Crippen LogP contribution in [-0.4, -0.2) is 69.6 Å². The molecule has 0 saturated carbocycles. The maximum Gasteiger partial charge on any atom is 0.343 e. The van der Waals surface area contributed by atoms with E-state index in [4.69, 9.17) is 18.9 Å². The monoisotopic (exact) mass is 634 g/mol. The quantitative estimate of drug-likeness (QED) is 0.111. The molecule has 0 fully saturated rings. The molecule has 0 aliphatic carbocycles. The molecule has 2 aromatic carbocycles. The fraction of sp³-hybridized carbons (Fsp3) is 0.333. The zero-order valence-electron chi connectivity index (χ0n) is 22.9. The maximum absolute atomic E-state index is 12.4. The van der Waals surface area contributed by atoms with E-state index in [-0.39, 0.29) is 18.8 Å². The van der Waals surface area contributed by atoms with Gasteiger partial charge in [-0.3, -0.25) is 5.43 Å². The van der Waals surface area contributed by atoms with Gasteiger partial charge in [0, 0.05) is 5.70 Å². The van der Waals surface area contributed by atoms with E-state index in [0.29, 0.717) is 45.2 Å². The van der Waals surface area contributed by atoms with Gasteiger partial charge in [0.1, 0.15) is 12.4 Å². The topological polar surface area (TPSA) is 166 Å². The molecule has 2 atom stereocenters. The van der Waals surface area contributed by atoms with E-state index in [9.17, 15) is 19.5 Å².